The largest absolute Gasteiger partial charge is 0.382 e. The fraction of sp³-hybridized carbons (Fsp3) is 0.625. The van der Waals surface area contributed by atoms with Crippen LogP contribution in [0.4, 0.5) is 5.69 Å². The van der Waals surface area contributed by atoms with Gasteiger partial charge in [0.15, 0.2) is 0 Å². The van der Waals surface area contributed by atoms with E-state index in [1.807, 2.05) is 0 Å². The zero-order chi connectivity index (χ0) is 13.1. The molecule has 2 fully saturated rings. The Morgan fingerprint density at radius 1 is 1.11 bits per heavy atom. The molecule has 104 valence electrons. The predicted octanol–water partition coefficient (Wildman–Crippen LogP) is 4.31. The number of nitrogens with one attached hydrogen (secondary N) is 1. The number of hydrogen-bond donors (Lipinski definition) is 1. The summed E-state index contributed by atoms with van der Waals surface area (Å²) < 4.78 is 5.30. The van der Waals surface area contributed by atoms with Crippen LogP contribution < -0.4 is 5.32 Å². The highest BCUT2D eigenvalue weighted by Gasteiger charge is 2.28. The number of ether oxygens (including phenoxy) is 1. The fourth-order valence-corrected chi connectivity index (χ4v) is 4.19. The molecule has 0 bridgehead atoms. The van der Waals surface area contributed by atoms with Gasteiger partial charge in [-0.2, -0.15) is 0 Å². The number of anilines is 1. The average Bonchev–Trinajstić information content (AvgIpc) is 2.88. The maximum absolute atomic E-state index is 5.30. The molecule has 0 unspecified atom stereocenters. The first kappa shape index (κ1) is 13.3. The quantitative estimate of drug-likeness (QED) is 0.866. The molecule has 0 radical (unpaired) electrons. The van der Waals surface area contributed by atoms with E-state index in [0.29, 0.717) is 12.1 Å². The maximum atomic E-state index is 5.30. The first-order chi connectivity index (χ1) is 9.33. The van der Waals surface area contributed by atoms with E-state index in [0.717, 1.165) is 18.1 Å². The van der Waals surface area contributed by atoms with Crippen molar-refractivity contribution < 1.29 is 4.74 Å². The van der Waals surface area contributed by atoms with Gasteiger partial charge < -0.3 is 10.1 Å². The number of hydrogen-bond acceptors (Lipinski definition) is 3. The number of methoxy groups -OCH3 is 1. The summed E-state index contributed by atoms with van der Waals surface area (Å²) >= 11 is 2.05. The molecule has 1 N–H and O–H groups in total. The summed E-state index contributed by atoms with van der Waals surface area (Å²) in [6.45, 7) is 0. The van der Waals surface area contributed by atoms with Crippen molar-refractivity contribution >= 4 is 17.4 Å². The third-order valence-corrected chi connectivity index (χ3v) is 5.61. The van der Waals surface area contributed by atoms with Gasteiger partial charge in [0.05, 0.1) is 6.10 Å². The maximum Gasteiger partial charge on any atom is 0.0610 e. The van der Waals surface area contributed by atoms with E-state index >= 15 is 0 Å². The van der Waals surface area contributed by atoms with E-state index < -0.39 is 0 Å². The molecule has 19 heavy (non-hydrogen) atoms. The van der Waals surface area contributed by atoms with Crippen LogP contribution in [0.2, 0.25) is 0 Å². The number of benzene rings is 1. The highest BCUT2D eigenvalue weighted by atomic mass is 32.2. The lowest BCUT2D eigenvalue weighted by Gasteiger charge is -2.35. The summed E-state index contributed by atoms with van der Waals surface area (Å²) in [7, 11) is 1.80. The molecule has 0 heterocycles. The van der Waals surface area contributed by atoms with Crippen molar-refractivity contribution in [2.45, 2.75) is 60.8 Å². The van der Waals surface area contributed by atoms with Gasteiger partial charge in [-0.1, -0.05) is 12.8 Å². The van der Waals surface area contributed by atoms with Gasteiger partial charge >= 0.3 is 0 Å². The monoisotopic (exact) mass is 277 g/mol. The molecule has 0 spiro atoms. The Morgan fingerprint density at radius 2 is 1.79 bits per heavy atom. The van der Waals surface area contributed by atoms with Crippen molar-refractivity contribution in [3.63, 3.8) is 0 Å². The number of thioether (sulfide) groups is 1. The minimum Gasteiger partial charge on any atom is -0.382 e. The van der Waals surface area contributed by atoms with Crippen LogP contribution in [0.15, 0.2) is 29.2 Å². The van der Waals surface area contributed by atoms with Crippen LogP contribution in [-0.2, 0) is 4.74 Å². The van der Waals surface area contributed by atoms with Crippen molar-refractivity contribution in [3.8, 4) is 0 Å². The van der Waals surface area contributed by atoms with Crippen LogP contribution >= 0.6 is 11.8 Å². The van der Waals surface area contributed by atoms with Gasteiger partial charge in [0.2, 0.25) is 0 Å². The third-order valence-electron chi connectivity index (χ3n) is 4.26. The minimum atomic E-state index is 0.467. The van der Waals surface area contributed by atoms with Crippen LogP contribution in [0.1, 0.15) is 38.5 Å². The lowest BCUT2D eigenvalue weighted by atomic mass is 9.89. The first-order valence-corrected chi connectivity index (χ1v) is 8.27. The van der Waals surface area contributed by atoms with Crippen LogP contribution in [0, 0.1) is 0 Å². The lowest BCUT2D eigenvalue weighted by Crippen LogP contribution is -2.40. The molecule has 0 saturated heterocycles. The highest BCUT2D eigenvalue weighted by Crippen LogP contribution is 2.35. The van der Waals surface area contributed by atoms with Crippen molar-refractivity contribution in [1.29, 1.82) is 0 Å². The molecule has 0 amide bonds. The molecule has 3 rings (SSSR count). The lowest BCUT2D eigenvalue weighted by molar-refractivity contribution is 0.0329. The molecule has 2 nitrogen and oxygen atoms in total. The molecule has 0 aromatic heterocycles. The zero-order valence-electron chi connectivity index (χ0n) is 11.6. The van der Waals surface area contributed by atoms with Gasteiger partial charge in [-0.15, -0.1) is 11.8 Å². The Balaban J connectivity index is 1.48. The van der Waals surface area contributed by atoms with E-state index in [1.54, 1.807) is 7.11 Å². The normalized spacial score (nSPS) is 27.2. The summed E-state index contributed by atoms with van der Waals surface area (Å²) in [5.41, 5.74) is 1.25. The van der Waals surface area contributed by atoms with Gasteiger partial charge in [0.1, 0.15) is 0 Å². The van der Waals surface area contributed by atoms with Crippen molar-refractivity contribution in [1.82, 2.24) is 0 Å². The zero-order valence-corrected chi connectivity index (χ0v) is 12.4. The predicted molar refractivity (Wildman–Crippen MR) is 82.0 cm³/mol. The molecule has 3 heteroatoms. The molecule has 0 atom stereocenters. The van der Waals surface area contributed by atoms with Crippen LogP contribution in [0.5, 0.6) is 0 Å². The summed E-state index contributed by atoms with van der Waals surface area (Å²) in [6, 6.07) is 9.56. The topological polar surface area (TPSA) is 21.3 Å². The van der Waals surface area contributed by atoms with E-state index in [2.05, 4.69) is 41.3 Å². The highest BCUT2D eigenvalue weighted by molar-refractivity contribution is 8.00. The molecule has 2 aliphatic rings. The third kappa shape index (κ3) is 3.46. The molecular weight excluding hydrogens is 254 g/mol. The molecule has 0 aliphatic heterocycles. The fourth-order valence-electron chi connectivity index (χ4n) is 2.94. The standard InChI is InChI=1S/C16H23NOS/c1-18-14-10-13(11-14)17-12-6-8-16(9-7-12)19-15-4-2-3-5-15/h6-9,13-15,17H,2-5,10-11H2,1H3. The Labute approximate surface area is 120 Å². The average molecular weight is 277 g/mol. The van der Waals surface area contributed by atoms with E-state index in [-0.39, 0.29) is 0 Å². The molecular formula is C16H23NOS. The Morgan fingerprint density at radius 3 is 2.42 bits per heavy atom. The van der Waals surface area contributed by atoms with E-state index in [1.165, 1.54) is 36.3 Å². The Bertz CT molecular complexity index is 394. The molecule has 2 saturated carbocycles. The van der Waals surface area contributed by atoms with Gasteiger partial charge in [0.25, 0.3) is 0 Å². The second kappa shape index (κ2) is 6.19. The molecule has 1 aromatic rings. The second-order valence-electron chi connectivity index (χ2n) is 5.72. The summed E-state index contributed by atoms with van der Waals surface area (Å²) in [5.74, 6) is 0. The Hall–Kier alpha value is -0.670. The summed E-state index contributed by atoms with van der Waals surface area (Å²) in [6.07, 6.45) is 8.36. The molecule has 1 aromatic carbocycles. The van der Waals surface area contributed by atoms with E-state index in [4.69, 9.17) is 4.74 Å². The van der Waals surface area contributed by atoms with Crippen LogP contribution in [0.25, 0.3) is 0 Å². The van der Waals surface area contributed by atoms with Crippen LogP contribution in [-0.4, -0.2) is 24.5 Å². The summed E-state index contributed by atoms with van der Waals surface area (Å²) in [4.78, 5) is 1.42. The SMILES string of the molecule is COC1CC(Nc2ccc(SC3CCCC3)cc2)C1. The van der Waals surface area contributed by atoms with Gasteiger partial charge in [-0.25, -0.2) is 0 Å². The summed E-state index contributed by atoms with van der Waals surface area (Å²) in [5, 5.41) is 4.43. The van der Waals surface area contributed by atoms with Crippen molar-refractivity contribution in [2.24, 2.45) is 0 Å². The number of rotatable bonds is 5. The second-order valence-corrected chi connectivity index (χ2v) is 7.09. The smallest absolute Gasteiger partial charge is 0.0610 e. The van der Waals surface area contributed by atoms with E-state index in [9.17, 15) is 0 Å². The minimum absolute atomic E-state index is 0.467. The first-order valence-electron chi connectivity index (χ1n) is 7.39. The van der Waals surface area contributed by atoms with Gasteiger partial charge in [-0.3, -0.25) is 0 Å². The van der Waals surface area contributed by atoms with Gasteiger partial charge in [0, 0.05) is 29.0 Å². The van der Waals surface area contributed by atoms with Crippen molar-refractivity contribution in [2.75, 3.05) is 12.4 Å². The molecule has 2 aliphatic carbocycles. The van der Waals surface area contributed by atoms with Gasteiger partial charge in [-0.05, 0) is 49.9 Å². The Kier molecular flexibility index (Phi) is 4.34. The van der Waals surface area contributed by atoms with Crippen LogP contribution in [0.3, 0.4) is 0 Å². The van der Waals surface area contributed by atoms with Crippen molar-refractivity contribution in [3.05, 3.63) is 24.3 Å².